The summed E-state index contributed by atoms with van der Waals surface area (Å²) in [4.78, 5) is 2.30. The minimum atomic E-state index is 0.812. The van der Waals surface area contributed by atoms with E-state index >= 15 is 0 Å². The number of nitrogens with zero attached hydrogens (tertiary/aromatic N) is 1. The standard InChI is InChI=1S/C11H14N2O/c12-9-10-1-3-11(4-2-10)13-5-7-14-8-6-13/h1-4,9,12H,5-8H2. The molecule has 1 N–H and O–H groups in total. The number of nitrogens with one attached hydrogen (secondary N) is 1. The van der Waals surface area contributed by atoms with Gasteiger partial charge in [-0.1, -0.05) is 12.1 Å². The molecule has 0 aromatic heterocycles. The Morgan fingerprint density at radius 3 is 2.36 bits per heavy atom. The van der Waals surface area contributed by atoms with Gasteiger partial charge in [-0.25, -0.2) is 0 Å². The van der Waals surface area contributed by atoms with Gasteiger partial charge >= 0.3 is 0 Å². The Kier molecular flexibility index (Phi) is 2.79. The second kappa shape index (κ2) is 4.24. The summed E-state index contributed by atoms with van der Waals surface area (Å²) in [6.07, 6.45) is 1.36. The molecule has 1 heterocycles. The summed E-state index contributed by atoms with van der Waals surface area (Å²) in [6, 6.07) is 8.06. The van der Waals surface area contributed by atoms with Crippen molar-refractivity contribution >= 4 is 11.9 Å². The summed E-state index contributed by atoms with van der Waals surface area (Å²) < 4.78 is 5.29. The number of hydrogen-bond acceptors (Lipinski definition) is 3. The molecule has 0 saturated carbocycles. The van der Waals surface area contributed by atoms with Crippen LogP contribution in [0.25, 0.3) is 0 Å². The van der Waals surface area contributed by atoms with Crippen molar-refractivity contribution in [3.8, 4) is 0 Å². The van der Waals surface area contributed by atoms with Gasteiger partial charge in [0.25, 0.3) is 0 Å². The number of anilines is 1. The molecule has 1 aliphatic rings. The maximum Gasteiger partial charge on any atom is 0.0642 e. The Hall–Kier alpha value is -1.35. The van der Waals surface area contributed by atoms with Crippen molar-refractivity contribution in [1.29, 1.82) is 5.41 Å². The molecule has 14 heavy (non-hydrogen) atoms. The molecule has 3 nitrogen and oxygen atoms in total. The molecule has 74 valence electrons. The zero-order valence-electron chi connectivity index (χ0n) is 8.07. The molecule has 3 heteroatoms. The molecule has 1 aromatic carbocycles. The maximum atomic E-state index is 7.10. The molecule has 0 aliphatic carbocycles. The highest BCUT2D eigenvalue weighted by molar-refractivity contribution is 5.77. The van der Waals surface area contributed by atoms with Gasteiger partial charge in [-0.05, 0) is 17.7 Å². The Morgan fingerprint density at radius 2 is 1.79 bits per heavy atom. The van der Waals surface area contributed by atoms with Gasteiger partial charge < -0.3 is 15.0 Å². The van der Waals surface area contributed by atoms with Gasteiger partial charge in [-0.2, -0.15) is 0 Å². The topological polar surface area (TPSA) is 36.3 Å². The molecule has 1 fully saturated rings. The molecule has 1 aromatic rings. The number of rotatable bonds is 2. The largest absolute Gasteiger partial charge is 0.378 e. The van der Waals surface area contributed by atoms with Crippen molar-refractivity contribution in [1.82, 2.24) is 0 Å². The monoisotopic (exact) mass is 190 g/mol. The lowest BCUT2D eigenvalue weighted by atomic mass is 10.2. The van der Waals surface area contributed by atoms with Gasteiger partial charge in [0.05, 0.1) is 13.2 Å². The number of hydrogen-bond donors (Lipinski definition) is 1. The minimum Gasteiger partial charge on any atom is -0.378 e. The Labute approximate surface area is 83.8 Å². The molecule has 0 amide bonds. The van der Waals surface area contributed by atoms with Crippen LogP contribution >= 0.6 is 0 Å². The first-order chi connectivity index (χ1) is 6.90. The lowest BCUT2D eigenvalue weighted by Crippen LogP contribution is -2.36. The zero-order chi connectivity index (χ0) is 9.80. The van der Waals surface area contributed by atoms with Crippen LogP contribution in [-0.4, -0.2) is 32.5 Å². The van der Waals surface area contributed by atoms with Crippen LogP contribution < -0.4 is 4.90 Å². The molecule has 1 saturated heterocycles. The number of benzene rings is 1. The van der Waals surface area contributed by atoms with E-state index in [-0.39, 0.29) is 0 Å². The first kappa shape index (κ1) is 9.21. The van der Waals surface area contributed by atoms with E-state index in [9.17, 15) is 0 Å². The quantitative estimate of drug-likeness (QED) is 0.718. The lowest BCUT2D eigenvalue weighted by molar-refractivity contribution is 0.122. The van der Waals surface area contributed by atoms with E-state index in [1.807, 2.05) is 12.1 Å². The van der Waals surface area contributed by atoms with Crippen LogP contribution in [0.5, 0.6) is 0 Å². The van der Waals surface area contributed by atoms with E-state index in [4.69, 9.17) is 10.1 Å². The fourth-order valence-electron chi connectivity index (χ4n) is 1.60. The molecule has 0 unspecified atom stereocenters. The Balaban J connectivity index is 2.11. The third kappa shape index (κ3) is 1.93. The fourth-order valence-corrected chi connectivity index (χ4v) is 1.60. The Morgan fingerprint density at radius 1 is 1.14 bits per heavy atom. The summed E-state index contributed by atoms with van der Waals surface area (Å²) in [5.41, 5.74) is 2.17. The van der Waals surface area contributed by atoms with Crippen LogP contribution in [0, 0.1) is 5.41 Å². The van der Waals surface area contributed by atoms with Crippen molar-refractivity contribution in [2.75, 3.05) is 31.2 Å². The van der Waals surface area contributed by atoms with Crippen molar-refractivity contribution in [3.05, 3.63) is 29.8 Å². The minimum absolute atomic E-state index is 0.812. The average molecular weight is 190 g/mol. The highest BCUT2D eigenvalue weighted by Crippen LogP contribution is 2.15. The van der Waals surface area contributed by atoms with Crippen LogP contribution in [0.1, 0.15) is 5.56 Å². The second-order valence-corrected chi connectivity index (χ2v) is 3.34. The smallest absolute Gasteiger partial charge is 0.0642 e. The molecular weight excluding hydrogens is 176 g/mol. The molecule has 2 rings (SSSR count). The van der Waals surface area contributed by atoms with E-state index in [1.54, 1.807) is 0 Å². The van der Waals surface area contributed by atoms with Gasteiger partial charge in [0.2, 0.25) is 0 Å². The predicted octanol–water partition coefficient (Wildman–Crippen LogP) is 1.52. The van der Waals surface area contributed by atoms with E-state index in [2.05, 4.69) is 17.0 Å². The van der Waals surface area contributed by atoms with Gasteiger partial charge in [-0.3, -0.25) is 0 Å². The van der Waals surface area contributed by atoms with Crippen molar-refractivity contribution < 1.29 is 4.74 Å². The molecule has 0 atom stereocenters. The van der Waals surface area contributed by atoms with Crippen LogP contribution in [0.3, 0.4) is 0 Å². The summed E-state index contributed by atoms with van der Waals surface area (Å²) >= 11 is 0. The lowest BCUT2D eigenvalue weighted by Gasteiger charge is -2.28. The summed E-state index contributed by atoms with van der Waals surface area (Å²) in [7, 11) is 0. The van der Waals surface area contributed by atoms with Crippen molar-refractivity contribution in [2.45, 2.75) is 0 Å². The zero-order valence-corrected chi connectivity index (χ0v) is 8.07. The molecule has 1 aliphatic heterocycles. The predicted molar refractivity (Wildman–Crippen MR) is 57.4 cm³/mol. The van der Waals surface area contributed by atoms with Crippen LogP contribution in [0.4, 0.5) is 5.69 Å². The average Bonchev–Trinajstić information content (AvgIpc) is 2.30. The van der Waals surface area contributed by atoms with E-state index < -0.39 is 0 Å². The molecule has 0 bridgehead atoms. The first-order valence-electron chi connectivity index (χ1n) is 4.83. The highest BCUT2D eigenvalue weighted by atomic mass is 16.5. The van der Waals surface area contributed by atoms with Crippen molar-refractivity contribution in [3.63, 3.8) is 0 Å². The first-order valence-corrected chi connectivity index (χ1v) is 4.83. The van der Waals surface area contributed by atoms with E-state index in [0.717, 1.165) is 31.9 Å². The van der Waals surface area contributed by atoms with E-state index in [1.165, 1.54) is 11.9 Å². The molecule has 0 spiro atoms. The fraction of sp³-hybridized carbons (Fsp3) is 0.364. The second-order valence-electron chi connectivity index (χ2n) is 3.34. The summed E-state index contributed by atoms with van der Waals surface area (Å²) in [5, 5.41) is 7.10. The van der Waals surface area contributed by atoms with Crippen molar-refractivity contribution in [2.24, 2.45) is 0 Å². The summed E-state index contributed by atoms with van der Waals surface area (Å²) in [6.45, 7) is 3.55. The number of morpholine rings is 1. The van der Waals surface area contributed by atoms with Crippen LogP contribution in [0.15, 0.2) is 24.3 Å². The molecular formula is C11H14N2O. The Bertz CT molecular complexity index is 302. The van der Waals surface area contributed by atoms with Gasteiger partial charge in [-0.15, -0.1) is 0 Å². The third-order valence-electron chi connectivity index (χ3n) is 2.44. The van der Waals surface area contributed by atoms with Gasteiger partial charge in [0, 0.05) is 25.0 Å². The normalized spacial score (nSPS) is 16.7. The van der Waals surface area contributed by atoms with Gasteiger partial charge in [0.15, 0.2) is 0 Å². The number of ether oxygens (including phenoxy) is 1. The molecule has 0 radical (unpaired) electrons. The van der Waals surface area contributed by atoms with Crippen LogP contribution in [0.2, 0.25) is 0 Å². The van der Waals surface area contributed by atoms with E-state index in [0.29, 0.717) is 0 Å². The highest BCUT2D eigenvalue weighted by Gasteiger charge is 2.10. The SMILES string of the molecule is N=Cc1ccc(N2CCOCC2)cc1. The van der Waals surface area contributed by atoms with Crippen LogP contribution in [-0.2, 0) is 4.74 Å². The third-order valence-corrected chi connectivity index (χ3v) is 2.44. The summed E-state index contributed by atoms with van der Waals surface area (Å²) in [5.74, 6) is 0. The van der Waals surface area contributed by atoms with Gasteiger partial charge in [0.1, 0.15) is 0 Å². The maximum absolute atomic E-state index is 7.10.